The number of carbonyl (C=O) groups excluding carboxylic acids is 1. The molecule has 16 heavy (non-hydrogen) atoms. The summed E-state index contributed by atoms with van der Waals surface area (Å²) in [4.78, 5) is 13.5. The first-order valence-corrected chi connectivity index (χ1v) is 5.92. The lowest BCUT2D eigenvalue weighted by molar-refractivity contribution is -0.140. The molecule has 2 saturated heterocycles. The number of nitrogens with zero attached hydrogens (tertiary/aromatic N) is 2. The van der Waals surface area contributed by atoms with Crippen LogP contribution in [0.4, 0.5) is 8.78 Å². The fourth-order valence-electron chi connectivity index (χ4n) is 2.24. The Morgan fingerprint density at radius 3 is 2.38 bits per heavy atom. The van der Waals surface area contributed by atoms with Crippen LogP contribution in [-0.4, -0.2) is 46.8 Å². The van der Waals surface area contributed by atoms with Gasteiger partial charge in [0.1, 0.15) is 6.04 Å². The fourth-order valence-corrected chi connectivity index (χ4v) is 2.54. The monoisotopic (exact) mass is 252 g/mol. The lowest BCUT2D eigenvalue weighted by atomic mass is 10.1. The molecule has 1 atom stereocenters. The van der Waals surface area contributed by atoms with Crippen molar-refractivity contribution in [2.75, 3.05) is 19.6 Å². The van der Waals surface area contributed by atoms with Gasteiger partial charge in [-0.3, -0.25) is 4.79 Å². The van der Waals surface area contributed by atoms with Crippen LogP contribution in [0.1, 0.15) is 25.7 Å². The highest BCUT2D eigenvalue weighted by atomic mass is 35.5. The van der Waals surface area contributed by atoms with E-state index in [9.17, 15) is 13.6 Å². The maximum atomic E-state index is 12.9. The van der Waals surface area contributed by atoms with E-state index in [0.29, 0.717) is 6.54 Å². The second kappa shape index (κ2) is 4.45. The van der Waals surface area contributed by atoms with E-state index in [0.717, 1.165) is 12.8 Å². The molecule has 0 bridgehead atoms. The lowest BCUT2D eigenvalue weighted by Crippen LogP contribution is -2.48. The average Bonchev–Trinajstić information content (AvgIpc) is 2.63. The highest BCUT2D eigenvalue weighted by Crippen LogP contribution is 2.29. The molecule has 2 rings (SSSR count). The highest BCUT2D eigenvalue weighted by molar-refractivity contribution is 6.15. The number of carbonyl (C=O) groups is 1. The predicted octanol–water partition coefficient (Wildman–Crippen LogP) is 1.86. The second-order valence-corrected chi connectivity index (χ2v) is 4.90. The first-order chi connectivity index (χ1) is 7.49. The summed E-state index contributed by atoms with van der Waals surface area (Å²) in [6.07, 6.45) is 1.17. The molecule has 2 heterocycles. The van der Waals surface area contributed by atoms with Crippen molar-refractivity contribution >= 4 is 17.7 Å². The van der Waals surface area contributed by atoms with Crippen LogP contribution in [0.15, 0.2) is 0 Å². The summed E-state index contributed by atoms with van der Waals surface area (Å²) in [5, 5.41) is 0. The Morgan fingerprint density at radius 2 is 1.88 bits per heavy atom. The van der Waals surface area contributed by atoms with Gasteiger partial charge >= 0.3 is 0 Å². The van der Waals surface area contributed by atoms with E-state index in [1.54, 1.807) is 0 Å². The third-order valence-corrected chi connectivity index (χ3v) is 3.68. The molecule has 0 N–H and O–H groups in total. The molecule has 2 aliphatic heterocycles. The molecule has 0 unspecified atom stereocenters. The SMILES string of the molecule is O=C([C@@H]1CCCN1Cl)N1CCC(F)(F)CC1. The maximum Gasteiger partial charge on any atom is 0.251 e. The van der Waals surface area contributed by atoms with Crippen LogP contribution >= 0.6 is 11.8 Å². The van der Waals surface area contributed by atoms with Crippen LogP contribution < -0.4 is 0 Å². The van der Waals surface area contributed by atoms with Crippen LogP contribution in [0.5, 0.6) is 0 Å². The zero-order valence-electron chi connectivity index (χ0n) is 8.96. The number of halogens is 3. The minimum absolute atomic E-state index is 0.0944. The molecule has 1 amide bonds. The molecular formula is C10H15ClF2N2O. The summed E-state index contributed by atoms with van der Waals surface area (Å²) in [7, 11) is 0. The van der Waals surface area contributed by atoms with Crippen molar-refractivity contribution in [2.24, 2.45) is 0 Å². The third kappa shape index (κ3) is 2.46. The van der Waals surface area contributed by atoms with Gasteiger partial charge in [-0.25, -0.2) is 13.2 Å². The van der Waals surface area contributed by atoms with Crippen molar-refractivity contribution in [1.82, 2.24) is 9.32 Å². The van der Waals surface area contributed by atoms with Gasteiger partial charge in [-0.1, -0.05) is 0 Å². The van der Waals surface area contributed by atoms with Crippen molar-refractivity contribution < 1.29 is 13.6 Å². The quantitative estimate of drug-likeness (QED) is 0.665. The molecule has 0 aromatic heterocycles. The summed E-state index contributed by atoms with van der Waals surface area (Å²) in [6, 6.07) is -0.312. The van der Waals surface area contributed by atoms with E-state index in [4.69, 9.17) is 11.8 Å². The van der Waals surface area contributed by atoms with Crippen molar-refractivity contribution in [1.29, 1.82) is 0 Å². The molecule has 0 spiro atoms. The Bertz CT molecular complexity index is 278. The number of alkyl halides is 2. The Labute approximate surface area is 98.4 Å². The van der Waals surface area contributed by atoms with Gasteiger partial charge in [0.15, 0.2) is 0 Å². The van der Waals surface area contributed by atoms with Gasteiger partial charge in [0.25, 0.3) is 5.92 Å². The summed E-state index contributed by atoms with van der Waals surface area (Å²) in [5.74, 6) is -2.70. The first kappa shape index (κ1) is 12.0. The summed E-state index contributed by atoms with van der Waals surface area (Å²) in [6.45, 7) is 0.988. The van der Waals surface area contributed by atoms with Crippen molar-refractivity contribution in [3.05, 3.63) is 0 Å². The van der Waals surface area contributed by atoms with E-state index in [1.165, 1.54) is 9.32 Å². The topological polar surface area (TPSA) is 23.6 Å². The zero-order valence-corrected chi connectivity index (χ0v) is 9.72. The molecule has 0 radical (unpaired) electrons. The standard InChI is InChI=1S/C10H15ClF2N2O/c11-15-5-1-2-8(15)9(16)14-6-3-10(12,13)4-7-14/h8H,1-7H2/t8-/m0/s1. The third-order valence-electron chi connectivity index (χ3n) is 3.28. The molecule has 2 fully saturated rings. The number of likely N-dealkylation sites (tertiary alicyclic amines) is 1. The maximum absolute atomic E-state index is 12.9. The van der Waals surface area contributed by atoms with Crippen molar-refractivity contribution in [2.45, 2.75) is 37.6 Å². The van der Waals surface area contributed by atoms with Gasteiger partial charge in [0.2, 0.25) is 5.91 Å². The van der Waals surface area contributed by atoms with Crippen LogP contribution in [-0.2, 0) is 4.79 Å². The van der Waals surface area contributed by atoms with Gasteiger partial charge in [0, 0.05) is 32.5 Å². The molecule has 0 aromatic rings. The van der Waals surface area contributed by atoms with Gasteiger partial charge in [-0.2, -0.15) is 0 Å². The Morgan fingerprint density at radius 1 is 1.25 bits per heavy atom. The second-order valence-electron chi connectivity index (χ2n) is 4.46. The molecule has 0 aliphatic carbocycles. The Kier molecular flexibility index (Phi) is 3.35. The zero-order chi connectivity index (χ0) is 11.8. The predicted molar refractivity (Wildman–Crippen MR) is 56.3 cm³/mol. The molecular weight excluding hydrogens is 238 g/mol. The Hall–Kier alpha value is -0.420. The molecule has 0 saturated carbocycles. The average molecular weight is 253 g/mol. The number of piperidine rings is 1. The van der Waals surface area contributed by atoms with Gasteiger partial charge in [-0.05, 0) is 24.6 Å². The lowest BCUT2D eigenvalue weighted by Gasteiger charge is -2.34. The number of amides is 1. The van der Waals surface area contributed by atoms with E-state index < -0.39 is 5.92 Å². The minimum atomic E-state index is -2.60. The van der Waals surface area contributed by atoms with Gasteiger partial charge < -0.3 is 4.90 Å². The van der Waals surface area contributed by atoms with Crippen LogP contribution in [0.3, 0.4) is 0 Å². The number of rotatable bonds is 1. The van der Waals surface area contributed by atoms with Crippen LogP contribution in [0, 0.1) is 0 Å². The van der Waals surface area contributed by atoms with Crippen LogP contribution in [0.2, 0.25) is 0 Å². The fraction of sp³-hybridized carbons (Fsp3) is 0.900. The Balaban J connectivity index is 1.91. The van der Waals surface area contributed by atoms with Gasteiger partial charge in [-0.15, -0.1) is 0 Å². The highest BCUT2D eigenvalue weighted by Gasteiger charge is 2.39. The molecule has 6 heteroatoms. The number of hydrogen-bond acceptors (Lipinski definition) is 2. The van der Waals surface area contributed by atoms with E-state index in [1.807, 2.05) is 0 Å². The van der Waals surface area contributed by atoms with Crippen molar-refractivity contribution in [3.63, 3.8) is 0 Å². The van der Waals surface area contributed by atoms with E-state index >= 15 is 0 Å². The van der Waals surface area contributed by atoms with Gasteiger partial charge in [0.05, 0.1) is 0 Å². The normalized spacial score (nSPS) is 30.7. The molecule has 92 valence electrons. The number of hydrogen-bond donors (Lipinski definition) is 0. The molecule has 3 nitrogen and oxygen atoms in total. The largest absolute Gasteiger partial charge is 0.341 e. The first-order valence-electron chi connectivity index (χ1n) is 5.59. The van der Waals surface area contributed by atoms with E-state index in [2.05, 4.69) is 0 Å². The smallest absolute Gasteiger partial charge is 0.251 e. The van der Waals surface area contributed by atoms with Crippen molar-refractivity contribution in [3.8, 4) is 0 Å². The summed E-state index contributed by atoms with van der Waals surface area (Å²) >= 11 is 5.89. The summed E-state index contributed by atoms with van der Waals surface area (Å²) in [5.41, 5.74) is 0. The molecule has 0 aromatic carbocycles. The summed E-state index contributed by atoms with van der Waals surface area (Å²) < 4.78 is 27.3. The molecule has 2 aliphatic rings. The van der Waals surface area contributed by atoms with E-state index in [-0.39, 0.29) is 37.9 Å². The van der Waals surface area contributed by atoms with Crippen LogP contribution in [0.25, 0.3) is 0 Å². The minimum Gasteiger partial charge on any atom is -0.341 e.